The summed E-state index contributed by atoms with van der Waals surface area (Å²) in [5, 5.41) is 0. The van der Waals surface area contributed by atoms with Gasteiger partial charge in [0.2, 0.25) is 0 Å². The van der Waals surface area contributed by atoms with Crippen molar-refractivity contribution in [1.29, 1.82) is 0 Å². The van der Waals surface area contributed by atoms with E-state index in [2.05, 4.69) is 11.7 Å². The Balaban J connectivity index is 2.81. The molecule has 0 spiro atoms. The maximum atomic E-state index is 9.76. The molecule has 3 nitrogen and oxygen atoms in total. The first-order valence-electron chi connectivity index (χ1n) is 5.54. The van der Waals surface area contributed by atoms with Gasteiger partial charge >= 0.3 is 0 Å². The second-order valence-corrected chi connectivity index (χ2v) is 3.35. The van der Waals surface area contributed by atoms with Crippen molar-refractivity contribution in [3.63, 3.8) is 0 Å². The van der Waals surface area contributed by atoms with E-state index in [1.165, 1.54) is 32.1 Å². The van der Waals surface area contributed by atoms with Crippen LogP contribution < -0.4 is 0 Å². The van der Waals surface area contributed by atoms with Crippen molar-refractivity contribution in [2.45, 2.75) is 45.4 Å². The molecule has 3 heteroatoms. The van der Waals surface area contributed by atoms with Crippen molar-refractivity contribution in [2.24, 2.45) is 0 Å². The lowest BCUT2D eigenvalue weighted by Crippen LogP contribution is -2.04. The first-order chi connectivity index (χ1) is 6.91. The highest BCUT2D eigenvalue weighted by Gasteiger charge is 1.91. The highest BCUT2D eigenvalue weighted by Crippen LogP contribution is 2.04. The third-order valence-corrected chi connectivity index (χ3v) is 2.06. The van der Waals surface area contributed by atoms with Crippen molar-refractivity contribution in [3.05, 3.63) is 0 Å². The van der Waals surface area contributed by atoms with Crippen LogP contribution in [0.1, 0.15) is 45.4 Å². The lowest BCUT2D eigenvalue weighted by molar-refractivity contribution is -0.130. The van der Waals surface area contributed by atoms with Gasteiger partial charge in [-0.05, 0) is 6.42 Å². The molecule has 0 saturated carbocycles. The summed E-state index contributed by atoms with van der Waals surface area (Å²) in [6, 6.07) is 0. The topological polar surface area (TPSA) is 35.5 Å². The van der Waals surface area contributed by atoms with Crippen LogP contribution in [0.25, 0.3) is 0 Å². The molecule has 0 aromatic heterocycles. The monoisotopic (exact) mass is 202 g/mol. The molecule has 84 valence electrons. The summed E-state index contributed by atoms with van der Waals surface area (Å²) in [5.41, 5.74) is 0. The standard InChI is InChI=1S/C11H22O3/c1-2-3-4-5-6-7-8-13-9-10-14-11-12/h11H,2-10H2,1H3. The van der Waals surface area contributed by atoms with Crippen LogP contribution in [0.3, 0.4) is 0 Å². The second kappa shape index (κ2) is 12.4. The summed E-state index contributed by atoms with van der Waals surface area (Å²) < 4.78 is 9.75. The Kier molecular flexibility index (Phi) is 11.9. The van der Waals surface area contributed by atoms with Crippen LogP contribution in [0.5, 0.6) is 0 Å². The molecule has 0 saturated heterocycles. The van der Waals surface area contributed by atoms with E-state index in [9.17, 15) is 4.79 Å². The molecule has 0 unspecified atom stereocenters. The average molecular weight is 202 g/mol. The third kappa shape index (κ3) is 11.4. The van der Waals surface area contributed by atoms with E-state index in [4.69, 9.17) is 4.74 Å². The lowest BCUT2D eigenvalue weighted by Gasteiger charge is -2.03. The Hall–Kier alpha value is -0.570. The molecule has 0 fully saturated rings. The van der Waals surface area contributed by atoms with Crippen LogP contribution in [-0.2, 0) is 14.3 Å². The minimum atomic E-state index is 0.374. The van der Waals surface area contributed by atoms with Gasteiger partial charge < -0.3 is 9.47 Å². The van der Waals surface area contributed by atoms with Crippen LogP contribution in [0.15, 0.2) is 0 Å². The van der Waals surface area contributed by atoms with E-state index >= 15 is 0 Å². The molecule has 0 radical (unpaired) electrons. The Bertz CT molecular complexity index is 115. The molecule has 0 aliphatic carbocycles. The molecule has 0 N–H and O–H groups in total. The quantitative estimate of drug-likeness (QED) is 0.381. The van der Waals surface area contributed by atoms with Crippen molar-refractivity contribution in [1.82, 2.24) is 0 Å². The first kappa shape index (κ1) is 13.4. The number of unbranched alkanes of at least 4 members (excludes halogenated alkanes) is 5. The normalized spacial score (nSPS) is 10.1. The van der Waals surface area contributed by atoms with Crippen LogP contribution in [0, 0.1) is 0 Å². The minimum absolute atomic E-state index is 0.374. The Morgan fingerprint density at radius 1 is 0.929 bits per heavy atom. The van der Waals surface area contributed by atoms with E-state index in [0.29, 0.717) is 19.7 Å². The molecule has 0 amide bonds. The van der Waals surface area contributed by atoms with Gasteiger partial charge in [-0.3, -0.25) is 4.79 Å². The van der Waals surface area contributed by atoms with E-state index < -0.39 is 0 Å². The van der Waals surface area contributed by atoms with E-state index in [-0.39, 0.29) is 0 Å². The highest BCUT2D eigenvalue weighted by molar-refractivity contribution is 5.36. The number of carbonyl (C=O) groups is 1. The van der Waals surface area contributed by atoms with E-state index in [0.717, 1.165) is 13.0 Å². The second-order valence-electron chi connectivity index (χ2n) is 3.35. The van der Waals surface area contributed by atoms with Crippen LogP contribution in [0.4, 0.5) is 0 Å². The summed E-state index contributed by atoms with van der Waals surface area (Å²) >= 11 is 0. The van der Waals surface area contributed by atoms with Crippen molar-refractivity contribution >= 4 is 6.47 Å². The summed E-state index contributed by atoms with van der Waals surface area (Å²) in [7, 11) is 0. The van der Waals surface area contributed by atoms with Crippen molar-refractivity contribution < 1.29 is 14.3 Å². The molecule has 0 rings (SSSR count). The summed E-state index contributed by atoms with van der Waals surface area (Å²) in [4.78, 5) is 9.76. The highest BCUT2D eigenvalue weighted by atomic mass is 16.5. The first-order valence-corrected chi connectivity index (χ1v) is 5.54. The molecule has 14 heavy (non-hydrogen) atoms. The molecule has 0 bridgehead atoms. The van der Waals surface area contributed by atoms with Gasteiger partial charge in [0.25, 0.3) is 6.47 Å². The lowest BCUT2D eigenvalue weighted by atomic mass is 10.1. The van der Waals surface area contributed by atoms with Crippen LogP contribution in [0.2, 0.25) is 0 Å². The van der Waals surface area contributed by atoms with Gasteiger partial charge in [-0.15, -0.1) is 0 Å². The fourth-order valence-electron chi connectivity index (χ4n) is 1.24. The predicted octanol–water partition coefficient (Wildman–Crippen LogP) is 2.54. The molecule has 0 aromatic carbocycles. The van der Waals surface area contributed by atoms with Gasteiger partial charge in [-0.2, -0.15) is 0 Å². The number of carbonyl (C=O) groups excluding carboxylic acids is 1. The average Bonchev–Trinajstić information content (AvgIpc) is 2.21. The molecular weight excluding hydrogens is 180 g/mol. The van der Waals surface area contributed by atoms with Crippen LogP contribution >= 0.6 is 0 Å². The zero-order chi connectivity index (χ0) is 10.5. The molecular formula is C11H22O3. The van der Waals surface area contributed by atoms with Gasteiger partial charge in [-0.1, -0.05) is 39.0 Å². The van der Waals surface area contributed by atoms with E-state index in [1.54, 1.807) is 0 Å². The summed E-state index contributed by atoms with van der Waals surface area (Å²) in [6.45, 7) is 4.35. The summed E-state index contributed by atoms with van der Waals surface area (Å²) in [6.07, 6.45) is 7.64. The van der Waals surface area contributed by atoms with Gasteiger partial charge in [0.1, 0.15) is 6.61 Å². The fraction of sp³-hybridized carbons (Fsp3) is 0.909. The third-order valence-electron chi connectivity index (χ3n) is 2.06. The Labute approximate surface area is 86.8 Å². The Morgan fingerprint density at radius 3 is 2.36 bits per heavy atom. The minimum Gasteiger partial charge on any atom is -0.465 e. The maximum absolute atomic E-state index is 9.76. The van der Waals surface area contributed by atoms with Gasteiger partial charge in [0.05, 0.1) is 6.61 Å². The van der Waals surface area contributed by atoms with Crippen LogP contribution in [-0.4, -0.2) is 26.3 Å². The smallest absolute Gasteiger partial charge is 0.293 e. The number of hydrogen-bond donors (Lipinski definition) is 0. The molecule has 0 aliphatic rings. The van der Waals surface area contributed by atoms with Gasteiger partial charge in [-0.25, -0.2) is 0 Å². The van der Waals surface area contributed by atoms with Crippen molar-refractivity contribution in [2.75, 3.05) is 19.8 Å². The van der Waals surface area contributed by atoms with Crippen molar-refractivity contribution in [3.8, 4) is 0 Å². The van der Waals surface area contributed by atoms with Gasteiger partial charge in [0, 0.05) is 6.61 Å². The summed E-state index contributed by atoms with van der Waals surface area (Å²) in [5.74, 6) is 0. The maximum Gasteiger partial charge on any atom is 0.293 e. The number of rotatable bonds is 11. The zero-order valence-corrected chi connectivity index (χ0v) is 9.17. The van der Waals surface area contributed by atoms with E-state index in [1.807, 2.05) is 0 Å². The molecule has 0 atom stereocenters. The number of hydrogen-bond acceptors (Lipinski definition) is 3. The predicted molar refractivity (Wildman–Crippen MR) is 56.2 cm³/mol. The molecule has 0 aromatic rings. The number of ether oxygens (including phenoxy) is 2. The van der Waals surface area contributed by atoms with Gasteiger partial charge in [0.15, 0.2) is 0 Å². The zero-order valence-electron chi connectivity index (χ0n) is 9.17. The molecule has 0 aliphatic heterocycles. The fourth-order valence-corrected chi connectivity index (χ4v) is 1.24. The molecule has 0 heterocycles. The largest absolute Gasteiger partial charge is 0.465 e. The SMILES string of the molecule is CCCCCCCCOCCOC=O. The Morgan fingerprint density at radius 2 is 1.64 bits per heavy atom.